The highest BCUT2D eigenvalue weighted by Gasteiger charge is 2.43. The van der Waals surface area contributed by atoms with E-state index in [-0.39, 0.29) is 52.8 Å². The monoisotopic (exact) mass is 726 g/mol. The topological polar surface area (TPSA) is 124 Å². The lowest BCUT2D eigenvalue weighted by Gasteiger charge is -2.43. The average molecular weight is 727 g/mol. The second-order valence-electron chi connectivity index (χ2n) is 15.3. The summed E-state index contributed by atoms with van der Waals surface area (Å²) < 4.78 is 47.8. The van der Waals surface area contributed by atoms with E-state index in [1.54, 1.807) is 26.2 Å². The second kappa shape index (κ2) is 14.7. The molecule has 4 aliphatic rings. The van der Waals surface area contributed by atoms with Crippen molar-refractivity contribution in [3.63, 3.8) is 0 Å². The summed E-state index contributed by atoms with van der Waals surface area (Å²) >= 11 is 0. The molecule has 2 unspecified atom stereocenters. The molecule has 15 heteroatoms. The van der Waals surface area contributed by atoms with Crippen LogP contribution in [-0.4, -0.2) is 117 Å². The van der Waals surface area contributed by atoms with Crippen molar-refractivity contribution in [1.82, 2.24) is 39.1 Å². The van der Waals surface area contributed by atoms with Gasteiger partial charge in [0.15, 0.2) is 0 Å². The molecule has 0 saturated carbocycles. The molecule has 0 spiro atoms. The van der Waals surface area contributed by atoms with E-state index < -0.39 is 12.8 Å². The number of nitrogens with zero attached hydrogens (tertiary/aromatic N) is 5. The molecule has 6 heterocycles. The number of halogens is 3. The fourth-order valence-corrected chi connectivity index (χ4v) is 8.89. The molecule has 2 aromatic carbocycles. The number of carbonyl (C=O) groups excluding carboxylic acids is 1. The number of aromatic amines is 2. The average Bonchev–Trinajstić information content (AvgIpc) is 3.92. The Hall–Kier alpha value is -4.08. The zero-order valence-corrected chi connectivity index (χ0v) is 29.9. The molecule has 2 aromatic heterocycles. The number of alkyl halides is 1. The summed E-state index contributed by atoms with van der Waals surface area (Å²) in [5, 5.41) is 3.44. The van der Waals surface area contributed by atoms with Crippen LogP contribution >= 0.6 is 0 Å². The van der Waals surface area contributed by atoms with Crippen LogP contribution in [0.1, 0.15) is 64.5 Å². The van der Waals surface area contributed by atoms with Crippen molar-refractivity contribution in [3.8, 4) is 0 Å². The Morgan fingerprint density at radius 2 is 1.31 bits per heavy atom. The number of hydrogen-bond donors (Lipinski definition) is 3. The summed E-state index contributed by atoms with van der Waals surface area (Å²) in [7, 11) is 0. The van der Waals surface area contributed by atoms with Crippen molar-refractivity contribution >= 4 is 28.2 Å². The number of nitrogens with one attached hydrogen (secondary N) is 3. The standard InChI is InChI=1S/C20H26F2N4O3.C17H23FN4O/c1-20(6-10-24(13-20)19(28)29-11-7-21)25-8-4-15(5-9-25)26-17-12-14(22)2-3-16(17)23-18(26)27;1-17(6-7-19-11-17)21-8-4-13(5-9-21)22-15-10-12(18)2-3-14(15)20-16(22)23/h2-3,12,15H,4-11,13H2,1H3,(H,23,27);2-3,10,13,19H,4-9,11H2,1H3,(H,20,23). The number of likely N-dealkylation sites (tertiary alicyclic amines) is 3. The van der Waals surface area contributed by atoms with Crippen LogP contribution in [-0.2, 0) is 4.74 Å². The van der Waals surface area contributed by atoms with E-state index in [1.165, 1.54) is 30.7 Å². The van der Waals surface area contributed by atoms with Gasteiger partial charge in [0.05, 0.1) is 22.1 Å². The third-order valence-electron chi connectivity index (χ3n) is 11.9. The Morgan fingerprint density at radius 3 is 1.79 bits per heavy atom. The number of benzene rings is 2. The van der Waals surface area contributed by atoms with Gasteiger partial charge in [-0.2, -0.15) is 0 Å². The van der Waals surface area contributed by atoms with Crippen LogP contribution in [0.25, 0.3) is 22.1 Å². The Labute approximate surface area is 299 Å². The molecule has 4 fully saturated rings. The number of amides is 1. The predicted molar refractivity (Wildman–Crippen MR) is 193 cm³/mol. The molecule has 2 atom stereocenters. The van der Waals surface area contributed by atoms with E-state index in [4.69, 9.17) is 4.74 Å². The quantitative estimate of drug-likeness (QED) is 0.267. The number of imidazole rings is 2. The Bertz CT molecular complexity index is 2000. The number of rotatable bonds is 6. The lowest BCUT2D eigenvalue weighted by molar-refractivity contribution is 0.0621. The second-order valence-corrected chi connectivity index (χ2v) is 15.3. The number of fused-ring (bicyclic) bond motifs is 2. The van der Waals surface area contributed by atoms with Gasteiger partial charge < -0.3 is 24.9 Å². The molecule has 0 bridgehead atoms. The summed E-state index contributed by atoms with van der Waals surface area (Å²) in [6.07, 6.45) is 4.93. The van der Waals surface area contributed by atoms with Crippen molar-refractivity contribution in [3.05, 3.63) is 69.0 Å². The molecular weight excluding hydrogens is 677 g/mol. The fourth-order valence-electron chi connectivity index (χ4n) is 8.89. The molecule has 0 radical (unpaired) electrons. The maximum absolute atomic E-state index is 13.7. The van der Waals surface area contributed by atoms with Crippen LogP contribution < -0.4 is 16.7 Å². The zero-order valence-electron chi connectivity index (χ0n) is 29.9. The minimum atomic E-state index is -0.679. The van der Waals surface area contributed by atoms with Crippen molar-refractivity contribution in [1.29, 1.82) is 0 Å². The zero-order chi connectivity index (χ0) is 36.6. The number of H-pyrrole nitrogens is 2. The highest BCUT2D eigenvalue weighted by Crippen LogP contribution is 2.35. The van der Waals surface area contributed by atoms with Crippen LogP contribution in [0.15, 0.2) is 46.0 Å². The normalized spacial score (nSPS) is 25.2. The molecule has 4 saturated heterocycles. The Kier molecular flexibility index (Phi) is 10.3. The SMILES string of the molecule is CC1(N2CCC(n3c(=O)[nH]c4ccc(F)cc43)CC2)CCN(C(=O)OCCF)C1.CC1(N2CCC(n3c(=O)[nH]c4ccc(F)cc43)CC2)CCNC1. The first-order valence-corrected chi connectivity index (χ1v) is 18.5. The van der Waals surface area contributed by atoms with Gasteiger partial charge in [-0.3, -0.25) is 18.9 Å². The first-order chi connectivity index (χ1) is 25.0. The summed E-state index contributed by atoms with van der Waals surface area (Å²) in [6.45, 7) is 10.3. The van der Waals surface area contributed by atoms with E-state index in [0.29, 0.717) is 35.2 Å². The van der Waals surface area contributed by atoms with Gasteiger partial charge in [0.1, 0.15) is 24.9 Å². The molecule has 282 valence electrons. The minimum Gasteiger partial charge on any atom is -0.447 e. The van der Waals surface area contributed by atoms with Crippen LogP contribution in [0.3, 0.4) is 0 Å². The lowest BCUT2D eigenvalue weighted by atomic mass is 9.94. The third kappa shape index (κ3) is 7.14. The molecule has 4 aliphatic heterocycles. The maximum atomic E-state index is 13.7. The van der Waals surface area contributed by atoms with Gasteiger partial charge in [-0.1, -0.05) is 0 Å². The fraction of sp³-hybridized carbons (Fsp3) is 0.595. The van der Waals surface area contributed by atoms with Gasteiger partial charge in [-0.15, -0.1) is 0 Å². The minimum absolute atomic E-state index is 0.00456. The van der Waals surface area contributed by atoms with Gasteiger partial charge in [0, 0.05) is 69.0 Å². The van der Waals surface area contributed by atoms with Crippen molar-refractivity contribution in [2.45, 2.75) is 75.5 Å². The largest absolute Gasteiger partial charge is 0.447 e. The first-order valence-electron chi connectivity index (χ1n) is 18.5. The smallest absolute Gasteiger partial charge is 0.409 e. The van der Waals surface area contributed by atoms with E-state index in [0.717, 1.165) is 71.4 Å². The Balaban J connectivity index is 0.000000166. The van der Waals surface area contributed by atoms with Crippen LogP contribution in [0, 0.1) is 11.6 Å². The summed E-state index contributed by atoms with van der Waals surface area (Å²) in [5.74, 6) is -0.659. The first kappa shape index (κ1) is 36.3. The van der Waals surface area contributed by atoms with Crippen molar-refractivity contribution < 1.29 is 22.7 Å². The van der Waals surface area contributed by atoms with E-state index >= 15 is 0 Å². The number of ether oxygens (including phenoxy) is 1. The molecule has 8 rings (SSSR count). The van der Waals surface area contributed by atoms with Crippen molar-refractivity contribution in [2.75, 3.05) is 65.6 Å². The van der Waals surface area contributed by atoms with Crippen molar-refractivity contribution in [2.24, 2.45) is 0 Å². The van der Waals surface area contributed by atoms with Gasteiger partial charge in [0.25, 0.3) is 0 Å². The van der Waals surface area contributed by atoms with Crippen LogP contribution in [0.5, 0.6) is 0 Å². The maximum Gasteiger partial charge on any atom is 0.409 e. The summed E-state index contributed by atoms with van der Waals surface area (Å²) in [4.78, 5) is 48.9. The number of aromatic nitrogens is 4. The van der Waals surface area contributed by atoms with Crippen LogP contribution in [0.4, 0.5) is 18.0 Å². The predicted octanol–water partition coefficient (Wildman–Crippen LogP) is 4.53. The molecular formula is C37H49F3N8O4. The van der Waals surface area contributed by atoms with Crippen LogP contribution in [0.2, 0.25) is 0 Å². The van der Waals surface area contributed by atoms with E-state index in [1.807, 2.05) is 0 Å². The molecule has 3 N–H and O–H groups in total. The summed E-state index contributed by atoms with van der Waals surface area (Å²) in [6, 6.07) is 8.98. The van der Waals surface area contributed by atoms with Gasteiger partial charge in [0.2, 0.25) is 0 Å². The van der Waals surface area contributed by atoms with Gasteiger partial charge >= 0.3 is 17.5 Å². The molecule has 1 amide bonds. The molecule has 0 aliphatic carbocycles. The number of carbonyl (C=O) groups is 1. The molecule has 4 aromatic rings. The third-order valence-corrected chi connectivity index (χ3v) is 11.9. The van der Waals surface area contributed by atoms with E-state index in [9.17, 15) is 27.6 Å². The summed E-state index contributed by atoms with van der Waals surface area (Å²) in [5.41, 5.74) is 2.37. The molecule has 12 nitrogen and oxygen atoms in total. The highest BCUT2D eigenvalue weighted by molar-refractivity contribution is 5.76. The Morgan fingerprint density at radius 1 is 0.788 bits per heavy atom. The van der Waals surface area contributed by atoms with Gasteiger partial charge in [-0.05, 0) is 95.3 Å². The van der Waals surface area contributed by atoms with E-state index in [2.05, 4.69) is 38.9 Å². The number of hydrogen-bond acceptors (Lipinski definition) is 7. The number of piperidine rings is 2. The highest BCUT2D eigenvalue weighted by atomic mass is 19.1. The molecule has 52 heavy (non-hydrogen) atoms. The van der Waals surface area contributed by atoms with Gasteiger partial charge in [-0.25, -0.2) is 27.6 Å². The lowest BCUT2D eigenvalue weighted by Crippen LogP contribution is -2.52.